The van der Waals surface area contributed by atoms with Crippen molar-refractivity contribution in [2.24, 2.45) is 5.92 Å². The van der Waals surface area contributed by atoms with Gasteiger partial charge in [-0.05, 0) is 63.0 Å². The number of hydrogen-bond donors (Lipinski definition) is 0. The summed E-state index contributed by atoms with van der Waals surface area (Å²) in [5, 5.41) is 0. The van der Waals surface area contributed by atoms with Crippen molar-refractivity contribution < 1.29 is 9.59 Å². The normalized spacial score (nSPS) is 17.8. The summed E-state index contributed by atoms with van der Waals surface area (Å²) < 4.78 is 0. The Balaban J connectivity index is 2.49. The summed E-state index contributed by atoms with van der Waals surface area (Å²) >= 11 is 0. The molecule has 1 rings (SSSR count). The maximum Gasteiger partial charge on any atom is 0.181 e. The van der Waals surface area contributed by atoms with Crippen LogP contribution in [0.5, 0.6) is 0 Å². The van der Waals surface area contributed by atoms with E-state index in [2.05, 4.69) is 25.2 Å². The van der Waals surface area contributed by atoms with Crippen molar-refractivity contribution >= 4 is 11.6 Å². The van der Waals surface area contributed by atoms with Crippen LogP contribution in [0.3, 0.4) is 0 Å². The molecule has 1 aliphatic carbocycles. The summed E-state index contributed by atoms with van der Waals surface area (Å²) in [6.07, 6.45) is 20.8. The van der Waals surface area contributed by atoms with Crippen molar-refractivity contribution in [3.05, 3.63) is 48.1 Å². The summed E-state index contributed by atoms with van der Waals surface area (Å²) in [5.74, 6) is 0.789. The molecule has 0 saturated heterocycles. The van der Waals surface area contributed by atoms with Crippen molar-refractivity contribution in [3.63, 3.8) is 0 Å². The number of ketones is 2. The summed E-state index contributed by atoms with van der Waals surface area (Å²) in [6.45, 7) is 4.12. The van der Waals surface area contributed by atoms with Gasteiger partial charge in [0.05, 0.1) is 0 Å². The molecule has 0 aromatic rings. The molecule has 0 N–H and O–H groups in total. The molecule has 0 heterocycles. The highest BCUT2D eigenvalue weighted by atomic mass is 16.1. The van der Waals surface area contributed by atoms with E-state index in [1.807, 2.05) is 25.2 Å². The summed E-state index contributed by atoms with van der Waals surface area (Å²) in [4.78, 5) is 23.8. The SMILES string of the molecule is C/C=C\CCCC(=O)CC(C/C=C\CC)C/C=C1\CC=CC1=O. The van der Waals surface area contributed by atoms with Crippen LogP contribution in [0.4, 0.5) is 0 Å². The van der Waals surface area contributed by atoms with Gasteiger partial charge in [-0.15, -0.1) is 0 Å². The lowest BCUT2D eigenvalue weighted by atomic mass is 9.92. The number of unbranched alkanes of at least 4 members (excludes halogenated alkanes) is 1. The quantitative estimate of drug-likeness (QED) is 0.286. The Labute approximate surface area is 141 Å². The van der Waals surface area contributed by atoms with Crippen molar-refractivity contribution in [2.45, 2.75) is 65.2 Å². The van der Waals surface area contributed by atoms with Gasteiger partial charge >= 0.3 is 0 Å². The van der Waals surface area contributed by atoms with Crippen LogP contribution < -0.4 is 0 Å². The molecule has 0 saturated carbocycles. The molecular formula is C21H30O2. The van der Waals surface area contributed by atoms with Gasteiger partial charge in [-0.3, -0.25) is 9.59 Å². The maximum absolute atomic E-state index is 12.2. The lowest BCUT2D eigenvalue weighted by Crippen LogP contribution is -2.08. The van der Waals surface area contributed by atoms with Crippen molar-refractivity contribution in [1.29, 1.82) is 0 Å². The molecule has 0 amide bonds. The molecule has 0 spiro atoms. The fourth-order valence-electron chi connectivity index (χ4n) is 2.72. The Morgan fingerprint density at radius 2 is 2.09 bits per heavy atom. The number of rotatable bonds is 11. The first-order chi connectivity index (χ1) is 11.2. The molecule has 0 fully saturated rings. The molecular weight excluding hydrogens is 284 g/mol. The first-order valence-electron chi connectivity index (χ1n) is 8.85. The number of hydrogen-bond acceptors (Lipinski definition) is 2. The molecule has 1 unspecified atom stereocenters. The smallest absolute Gasteiger partial charge is 0.181 e. The molecule has 0 aliphatic heterocycles. The van der Waals surface area contributed by atoms with Gasteiger partial charge < -0.3 is 0 Å². The van der Waals surface area contributed by atoms with Gasteiger partial charge in [-0.25, -0.2) is 0 Å². The van der Waals surface area contributed by atoms with Crippen molar-refractivity contribution in [3.8, 4) is 0 Å². The van der Waals surface area contributed by atoms with E-state index in [0.29, 0.717) is 24.5 Å². The predicted molar refractivity (Wildman–Crippen MR) is 97.3 cm³/mol. The second kappa shape index (κ2) is 11.8. The van der Waals surface area contributed by atoms with Crippen LogP contribution in [0.1, 0.15) is 65.2 Å². The highest BCUT2D eigenvalue weighted by molar-refractivity contribution is 6.06. The fourth-order valence-corrected chi connectivity index (χ4v) is 2.72. The monoisotopic (exact) mass is 314 g/mol. The predicted octanol–water partition coefficient (Wildman–Crippen LogP) is 5.51. The Morgan fingerprint density at radius 3 is 2.74 bits per heavy atom. The van der Waals surface area contributed by atoms with Crippen LogP contribution in [0.15, 0.2) is 48.1 Å². The topological polar surface area (TPSA) is 34.1 Å². The maximum atomic E-state index is 12.2. The second-order valence-electron chi connectivity index (χ2n) is 6.12. The average molecular weight is 314 g/mol. The molecule has 1 atom stereocenters. The minimum absolute atomic E-state index is 0.130. The minimum atomic E-state index is 0.130. The third-order valence-corrected chi connectivity index (χ3v) is 4.07. The van der Waals surface area contributed by atoms with E-state index in [1.165, 1.54) is 0 Å². The first kappa shape index (κ1) is 19.3. The largest absolute Gasteiger partial charge is 0.300 e. The standard InChI is InChI=1S/C21H30O2/c1-3-5-7-9-13-20(22)17-18(11-8-6-4-2)15-16-19-12-10-14-21(19)23/h3,5-6,8,10,14,16,18H,4,7,9,11-13,15,17H2,1-2H3/b5-3-,8-6-,19-16+. The van der Waals surface area contributed by atoms with Crippen molar-refractivity contribution in [1.82, 2.24) is 0 Å². The van der Waals surface area contributed by atoms with Crippen LogP contribution in [0.2, 0.25) is 0 Å². The van der Waals surface area contributed by atoms with E-state index < -0.39 is 0 Å². The Kier molecular flexibility index (Phi) is 9.94. The van der Waals surface area contributed by atoms with E-state index in [4.69, 9.17) is 0 Å². The summed E-state index contributed by atoms with van der Waals surface area (Å²) in [7, 11) is 0. The molecule has 2 heteroatoms. The lowest BCUT2D eigenvalue weighted by molar-refractivity contribution is -0.120. The average Bonchev–Trinajstić information content (AvgIpc) is 2.94. The lowest BCUT2D eigenvalue weighted by Gasteiger charge is -2.12. The van der Waals surface area contributed by atoms with Gasteiger partial charge in [0, 0.05) is 12.8 Å². The zero-order chi connectivity index (χ0) is 16.9. The Hall–Kier alpha value is -1.70. The van der Waals surface area contributed by atoms with Gasteiger partial charge in [0.2, 0.25) is 0 Å². The van der Waals surface area contributed by atoms with Crippen LogP contribution >= 0.6 is 0 Å². The molecule has 0 bridgehead atoms. The molecule has 0 aromatic carbocycles. The Morgan fingerprint density at radius 1 is 1.26 bits per heavy atom. The van der Waals surface area contributed by atoms with Gasteiger partial charge in [-0.2, -0.15) is 0 Å². The number of carbonyl (C=O) groups excluding carboxylic acids is 2. The van der Waals surface area contributed by atoms with Crippen LogP contribution in [-0.4, -0.2) is 11.6 Å². The van der Waals surface area contributed by atoms with Gasteiger partial charge in [-0.1, -0.05) is 43.4 Å². The summed E-state index contributed by atoms with van der Waals surface area (Å²) in [6, 6.07) is 0. The Bertz CT molecular complexity index is 492. The zero-order valence-electron chi connectivity index (χ0n) is 14.6. The summed E-state index contributed by atoms with van der Waals surface area (Å²) in [5.41, 5.74) is 0.884. The number of allylic oxidation sites excluding steroid dienone is 8. The van der Waals surface area contributed by atoms with Crippen LogP contribution in [0, 0.1) is 5.92 Å². The molecule has 23 heavy (non-hydrogen) atoms. The van der Waals surface area contributed by atoms with Gasteiger partial charge in [0.25, 0.3) is 0 Å². The van der Waals surface area contributed by atoms with E-state index in [9.17, 15) is 9.59 Å². The van der Waals surface area contributed by atoms with Gasteiger partial charge in [0.15, 0.2) is 5.78 Å². The molecule has 2 nitrogen and oxygen atoms in total. The highest BCUT2D eigenvalue weighted by Gasteiger charge is 2.14. The number of carbonyl (C=O) groups is 2. The van der Waals surface area contributed by atoms with Crippen molar-refractivity contribution in [2.75, 3.05) is 0 Å². The van der Waals surface area contributed by atoms with E-state index in [-0.39, 0.29) is 5.78 Å². The second-order valence-corrected chi connectivity index (χ2v) is 6.12. The van der Waals surface area contributed by atoms with Gasteiger partial charge in [0.1, 0.15) is 5.78 Å². The highest BCUT2D eigenvalue weighted by Crippen LogP contribution is 2.21. The minimum Gasteiger partial charge on any atom is -0.300 e. The van der Waals surface area contributed by atoms with Crippen LogP contribution in [0.25, 0.3) is 0 Å². The fraction of sp³-hybridized carbons (Fsp3) is 0.524. The van der Waals surface area contributed by atoms with Crippen LogP contribution in [-0.2, 0) is 9.59 Å². The zero-order valence-corrected chi connectivity index (χ0v) is 14.6. The first-order valence-corrected chi connectivity index (χ1v) is 8.85. The molecule has 0 radical (unpaired) electrons. The third kappa shape index (κ3) is 8.49. The molecule has 126 valence electrons. The van der Waals surface area contributed by atoms with E-state index >= 15 is 0 Å². The van der Waals surface area contributed by atoms with E-state index in [1.54, 1.807) is 6.08 Å². The van der Waals surface area contributed by atoms with E-state index in [0.717, 1.165) is 44.1 Å². The molecule has 0 aromatic heterocycles. The number of Topliss-reactive ketones (excluding diaryl/α,β-unsaturated/α-hetero) is 1. The third-order valence-electron chi connectivity index (χ3n) is 4.07. The molecule has 1 aliphatic rings.